The third kappa shape index (κ3) is 3.93. The Morgan fingerprint density at radius 1 is 1.12 bits per heavy atom. The van der Waals surface area contributed by atoms with Gasteiger partial charge in [0.15, 0.2) is 0 Å². The fourth-order valence-corrected chi connectivity index (χ4v) is 5.14. The molecule has 3 rings (SSSR count). The van der Waals surface area contributed by atoms with Crippen LogP contribution in [0.2, 0.25) is 0 Å². The van der Waals surface area contributed by atoms with Gasteiger partial charge >= 0.3 is 0 Å². The second kappa shape index (κ2) is 7.64. The first-order chi connectivity index (χ1) is 12.3. The summed E-state index contributed by atoms with van der Waals surface area (Å²) in [5, 5.41) is 3.25. The Bertz CT molecular complexity index is 740. The number of nitrogens with zero attached hydrogens (tertiary/aromatic N) is 2. The molecule has 1 amide bonds. The lowest BCUT2D eigenvalue weighted by Crippen LogP contribution is -2.52. The SMILES string of the molecule is CC1CN(S(=O)(=O)c2ccc(C(=O)N3CCNCC3C)cc2)CC(C)O1. The first-order valence-corrected chi connectivity index (χ1v) is 10.5. The van der Waals surface area contributed by atoms with E-state index in [0.29, 0.717) is 25.2 Å². The van der Waals surface area contributed by atoms with Crippen LogP contribution < -0.4 is 5.32 Å². The summed E-state index contributed by atoms with van der Waals surface area (Å²) in [6, 6.07) is 6.39. The van der Waals surface area contributed by atoms with Gasteiger partial charge in [-0.3, -0.25) is 4.79 Å². The van der Waals surface area contributed by atoms with E-state index in [-0.39, 0.29) is 29.1 Å². The number of hydrogen-bond acceptors (Lipinski definition) is 5. The smallest absolute Gasteiger partial charge is 0.254 e. The van der Waals surface area contributed by atoms with Gasteiger partial charge in [-0.25, -0.2) is 8.42 Å². The third-order valence-corrected chi connectivity index (χ3v) is 6.73. The largest absolute Gasteiger partial charge is 0.373 e. The lowest BCUT2D eigenvalue weighted by atomic mass is 10.1. The minimum Gasteiger partial charge on any atom is -0.373 e. The Morgan fingerprint density at radius 3 is 2.31 bits per heavy atom. The van der Waals surface area contributed by atoms with Crippen molar-refractivity contribution in [3.63, 3.8) is 0 Å². The van der Waals surface area contributed by atoms with Gasteiger partial charge in [-0.1, -0.05) is 0 Å². The number of amides is 1. The van der Waals surface area contributed by atoms with E-state index in [0.717, 1.165) is 13.1 Å². The number of carbonyl (C=O) groups is 1. The highest BCUT2D eigenvalue weighted by Gasteiger charge is 2.32. The highest BCUT2D eigenvalue weighted by atomic mass is 32.2. The van der Waals surface area contributed by atoms with Gasteiger partial charge in [-0.05, 0) is 45.0 Å². The molecule has 26 heavy (non-hydrogen) atoms. The Kier molecular flexibility index (Phi) is 5.67. The highest BCUT2D eigenvalue weighted by molar-refractivity contribution is 7.89. The highest BCUT2D eigenvalue weighted by Crippen LogP contribution is 2.22. The zero-order valence-corrected chi connectivity index (χ0v) is 16.3. The molecule has 2 heterocycles. The molecule has 2 aliphatic heterocycles. The fraction of sp³-hybridized carbons (Fsp3) is 0.611. The van der Waals surface area contributed by atoms with Crippen LogP contribution in [0.3, 0.4) is 0 Å². The molecule has 144 valence electrons. The number of morpholine rings is 1. The van der Waals surface area contributed by atoms with Crippen LogP contribution in [0.5, 0.6) is 0 Å². The molecular formula is C18H27N3O4S. The maximum atomic E-state index is 12.9. The van der Waals surface area contributed by atoms with E-state index in [1.54, 1.807) is 12.1 Å². The first kappa shape index (κ1) is 19.3. The van der Waals surface area contributed by atoms with Gasteiger partial charge in [0, 0.05) is 44.3 Å². The zero-order valence-electron chi connectivity index (χ0n) is 15.5. The minimum atomic E-state index is -3.59. The van der Waals surface area contributed by atoms with Crippen LogP contribution in [-0.4, -0.2) is 74.5 Å². The molecule has 3 atom stereocenters. The summed E-state index contributed by atoms with van der Waals surface area (Å²) < 4.78 is 32.8. The molecule has 8 heteroatoms. The molecular weight excluding hydrogens is 354 g/mol. The molecule has 3 unspecified atom stereocenters. The van der Waals surface area contributed by atoms with E-state index in [2.05, 4.69) is 5.32 Å². The Balaban J connectivity index is 1.77. The second-order valence-electron chi connectivity index (χ2n) is 7.16. The van der Waals surface area contributed by atoms with Crippen molar-refractivity contribution in [1.29, 1.82) is 0 Å². The average Bonchev–Trinajstić information content (AvgIpc) is 2.61. The number of hydrogen-bond donors (Lipinski definition) is 1. The van der Waals surface area contributed by atoms with Gasteiger partial charge in [0.2, 0.25) is 10.0 Å². The monoisotopic (exact) mass is 381 g/mol. The van der Waals surface area contributed by atoms with Gasteiger partial charge in [0.25, 0.3) is 5.91 Å². The summed E-state index contributed by atoms with van der Waals surface area (Å²) in [5.41, 5.74) is 0.515. The molecule has 1 N–H and O–H groups in total. The van der Waals surface area contributed by atoms with E-state index in [9.17, 15) is 13.2 Å². The normalized spacial score (nSPS) is 28.1. The summed E-state index contributed by atoms with van der Waals surface area (Å²) in [6.07, 6.45) is -0.271. The Hall–Kier alpha value is -1.48. The first-order valence-electron chi connectivity index (χ1n) is 9.06. The van der Waals surface area contributed by atoms with Gasteiger partial charge in [-0.15, -0.1) is 0 Å². The van der Waals surface area contributed by atoms with E-state index in [4.69, 9.17) is 4.74 Å². The predicted octanol–water partition coefficient (Wildman–Crippen LogP) is 0.918. The van der Waals surface area contributed by atoms with Crippen LogP contribution in [0.25, 0.3) is 0 Å². The van der Waals surface area contributed by atoms with Crippen molar-refractivity contribution in [3.8, 4) is 0 Å². The summed E-state index contributed by atoms with van der Waals surface area (Å²) in [5.74, 6) is -0.0587. The van der Waals surface area contributed by atoms with E-state index in [1.807, 2.05) is 25.7 Å². The summed E-state index contributed by atoms with van der Waals surface area (Å²) >= 11 is 0. The standard InChI is InChI=1S/C18H27N3O4S/c1-13-10-19-8-9-21(13)18(22)16-4-6-17(7-5-16)26(23,24)20-11-14(2)25-15(3)12-20/h4-7,13-15,19H,8-12H2,1-3H3. The zero-order chi connectivity index (χ0) is 18.9. The molecule has 0 radical (unpaired) electrons. The molecule has 2 aliphatic rings. The molecule has 0 spiro atoms. The number of sulfonamides is 1. The Labute approximate surface area is 155 Å². The Morgan fingerprint density at radius 2 is 1.73 bits per heavy atom. The minimum absolute atomic E-state index is 0.0587. The molecule has 1 aromatic rings. The number of benzene rings is 1. The second-order valence-corrected chi connectivity index (χ2v) is 9.09. The van der Waals surface area contributed by atoms with Crippen LogP contribution in [-0.2, 0) is 14.8 Å². The molecule has 0 aromatic heterocycles. The fourth-order valence-electron chi connectivity index (χ4n) is 3.55. The molecule has 7 nitrogen and oxygen atoms in total. The molecule has 1 aromatic carbocycles. The van der Waals surface area contributed by atoms with Gasteiger partial charge < -0.3 is 15.0 Å². The van der Waals surface area contributed by atoms with Crippen molar-refractivity contribution in [2.45, 2.75) is 43.9 Å². The van der Waals surface area contributed by atoms with Crippen LogP contribution in [0, 0.1) is 0 Å². The van der Waals surface area contributed by atoms with E-state index in [1.165, 1.54) is 16.4 Å². The molecule has 2 fully saturated rings. The van der Waals surface area contributed by atoms with Crippen molar-refractivity contribution in [1.82, 2.24) is 14.5 Å². The predicted molar refractivity (Wildman–Crippen MR) is 98.6 cm³/mol. The quantitative estimate of drug-likeness (QED) is 0.842. The average molecular weight is 381 g/mol. The lowest BCUT2D eigenvalue weighted by molar-refractivity contribution is -0.0440. The maximum Gasteiger partial charge on any atom is 0.254 e. The topological polar surface area (TPSA) is 79.0 Å². The van der Waals surface area contributed by atoms with Crippen molar-refractivity contribution >= 4 is 15.9 Å². The number of ether oxygens (including phenoxy) is 1. The van der Waals surface area contributed by atoms with Crippen molar-refractivity contribution in [3.05, 3.63) is 29.8 Å². The summed E-state index contributed by atoms with van der Waals surface area (Å²) in [7, 11) is -3.59. The van der Waals surface area contributed by atoms with Crippen molar-refractivity contribution < 1.29 is 17.9 Å². The van der Waals surface area contributed by atoms with Gasteiger partial charge in [0.05, 0.1) is 17.1 Å². The number of piperazine rings is 1. The molecule has 2 saturated heterocycles. The molecule has 0 aliphatic carbocycles. The van der Waals surface area contributed by atoms with Crippen LogP contribution in [0.15, 0.2) is 29.2 Å². The van der Waals surface area contributed by atoms with Crippen LogP contribution >= 0.6 is 0 Å². The van der Waals surface area contributed by atoms with Gasteiger partial charge in [0.1, 0.15) is 0 Å². The van der Waals surface area contributed by atoms with Crippen LogP contribution in [0.1, 0.15) is 31.1 Å². The molecule has 0 bridgehead atoms. The van der Waals surface area contributed by atoms with E-state index >= 15 is 0 Å². The third-order valence-electron chi connectivity index (χ3n) is 4.89. The van der Waals surface area contributed by atoms with Crippen molar-refractivity contribution in [2.24, 2.45) is 0 Å². The number of nitrogens with one attached hydrogen (secondary N) is 1. The van der Waals surface area contributed by atoms with E-state index < -0.39 is 10.0 Å². The summed E-state index contributed by atoms with van der Waals surface area (Å²) in [4.78, 5) is 14.7. The summed E-state index contributed by atoms with van der Waals surface area (Å²) in [6.45, 7) is 8.62. The maximum absolute atomic E-state index is 12.9. The number of carbonyl (C=O) groups excluding carboxylic acids is 1. The van der Waals surface area contributed by atoms with Gasteiger partial charge in [-0.2, -0.15) is 4.31 Å². The molecule has 0 saturated carbocycles. The van der Waals surface area contributed by atoms with Crippen LogP contribution in [0.4, 0.5) is 0 Å². The number of rotatable bonds is 3. The lowest BCUT2D eigenvalue weighted by Gasteiger charge is -2.34. The van der Waals surface area contributed by atoms with Crippen molar-refractivity contribution in [2.75, 3.05) is 32.7 Å².